The number of ether oxygens (including phenoxy) is 2. The lowest BCUT2D eigenvalue weighted by Crippen LogP contribution is -2.56. The Balaban J connectivity index is 2.14. The van der Waals surface area contributed by atoms with E-state index in [0.717, 1.165) is 19.3 Å². The minimum atomic E-state index is -0.740. The van der Waals surface area contributed by atoms with Gasteiger partial charge in [-0.1, -0.05) is 15.9 Å². The molecule has 7 heteroatoms. The van der Waals surface area contributed by atoms with Crippen LogP contribution in [0.2, 0.25) is 0 Å². The molecule has 2 amide bonds. The van der Waals surface area contributed by atoms with Crippen LogP contribution in [0.1, 0.15) is 53.9 Å². The highest BCUT2D eigenvalue weighted by Gasteiger charge is 2.47. The summed E-state index contributed by atoms with van der Waals surface area (Å²) in [5.74, 6) is 0.0635. The van der Waals surface area contributed by atoms with Crippen LogP contribution < -0.4 is 0 Å². The van der Waals surface area contributed by atoms with Gasteiger partial charge in [0.1, 0.15) is 11.3 Å². The van der Waals surface area contributed by atoms with Crippen molar-refractivity contribution in [3.05, 3.63) is 0 Å². The van der Waals surface area contributed by atoms with Crippen molar-refractivity contribution in [1.82, 2.24) is 9.80 Å². The van der Waals surface area contributed by atoms with Gasteiger partial charge in [-0.25, -0.2) is 4.79 Å². The van der Waals surface area contributed by atoms with Gasteiger partial charge in [-0.3, -0.25) is 9.69 Å². The summed E-state index contributed by atoms with van der Waals surface area (Å²) in [7, 11) is 0. The fourth-order valence-corrected chi connectivity index (χ4v) is 3.48. The number of nitrogens with zero attached hydrogens (tertiary/aromatic N) is 2. The molecule has 1 aliphatic carbocycles. The molecule has 0 unspecified atom stereocenters. The molecule has 2 rings (SSSR count). The van der Waals surface area contributed by atoms with Crippen molar-refractivity contribution in [2.75, 3.05) is 18.5 Å². The molecule has 0 radical (unpaired) electrons. The summed E-state index contributed by atoms with van der Waals surface area (Å²) >= 11 is 3.26. The first kappa shape index (κ1) is 19.5. The molecule has 2 aliphatic rings. The summed E-state index contributed by atoms with van der Waals surface area (Å²) in [4.78, 5) is 28.5. The summed E-state index contributed by atoms with van der Waals surface area (Å²) in [5, 5.41) is 0.299. The maximum Gasteiger partial charge on any atom is 0.412 e. The van der Waals surface area contributed by atoms with Crippen LogP contribution in [0.3, 0.4) is 0 Å². The molecule has 1 saturated carbocycles. The standard InChI is InChI=1S/C17H29BrN2O4/c1-16(2,3)24-15(22)20-13(11-23-17(20,4)5)10-19(14(21)9-18)12-7-6-8-12/h12-13H,6-11H2,1-5H3/t13-/m1/s1. The van der Waals surface area contributed by atoms with E-state index in [4.69, 9.17) is 9.47 Å². The van der Waals surface area contributed by atoms with E-state index in [9.17, 15) is 9.59 Å². The largest absolute Gasteiger partial charge is 0.444 e. The number of amides is 2. The minimum absolute atomic E-state index is 0.0635. The third-order valence-electron chi connectivity index (χ3n) is 4.52. The van der Waals surface area contributed by atoms with Crippen molar-refractivity contribution in [1.29, 1.82) is 0 Å². The van der Waals surface area contributed by atoms with Crippen LogP contribution in [0, 0.1) is 0 Å². The molecule has 138 valence electrons. The maximum atomic E-state index is 12.7. The predicted octanol–water partition coefficient (Wildman–Crippen LogP) is 3.13. The molecular formula is C17H29BrN2O4. The van der Waals surface area contributed by atoms with Gasteiger partial charge in [0.25, 0.3) is 0 Å². The molecule has 0 aromatic carbocycles. The first-order chi connectivity index (χ1) is 11.0. The summed E-state index contributed by atoms with van der Waals surface area (Å²) in [6.45, 7) is 10.1. The average Bonchev–Trinajstić information content (AvgIpc) is 2.68. The van der Waals surface area contributed by atoms with Gasteiger partial charge in [0.05, 0.1) is 18.0 Å². The molecule has 0 spiro atoms. The van der Waals surface area contributed by atoms with Crippen LogP contribution >= 0.6 is 15.9 Å². The van der Waals surface area contributed by atoms with Gasteiger partial charge in [0, 0.05) is 12.6 Å². The molecule has 1 saturated heterocycles. The van der Waals surface area contributed by atoms with Crippen LogP contribution in [-0.4, -0.2) is 63.7 Å². The third-order valence-corrected chi connectivity index (χ3v) is 5.00. The fourth-order valence-electron chi connectivity index (χ4n) is 3.15. The third kappa shape index (κ3) is 4.42. The Morgan fingerprint density at radius 3 is 2.42 bits per heavy atom. The highest BCUT2D eigenvalue weighted by atomic mass is 79.9. The number of carbonyl (C=O) groups excluding carboxylic acids is 2. The number of rotatable bonds is 4. The lowest BCUT2D eigenvalue weighted by atomic mass is 9.91. The van der Waals surface area contributed by atoms with Gasteiger partial charge < -0.3 is 14.4 Å². The monoisotopic (exact) mass is 404 g/mol. The number of carbonyl (C=O) groups is 2. The van der Waals surface area contributed by atoms with E-state index in [1.54, 1.807) is 4.90 Å². The van der Waals surface area contributed by atoms with Crippen LogP contribution in [0.25, 0.3) is 0 Å². The Labute approximate surface area is 153 Å². The van der Waals surface area contributed by atoms with Crippen LogP contribution in [0.4, 0.5) is 4.79 Å². The van der Waals surface area contributed by atoms with Crippen molar-refractivity contribution in [2.24, 2.45) is 0 Å². The van der Waals surface area contributed by atoms with Crippen molar-refractivity contribution in [3.63, 3.8) is 0 Å². The molecule has 1 heterocycles. The van der Waals surface area contributed by atoms with E-state index < -0.39 is 17.4 Å². The van der Waals surface area contributed by atoms with E-state index in [1.807, 2.05) is 39.5 Å². The Kier molecular flexibility index (Phi) is 5.85. The number of hydrogen-bond acceptors (Lipinski definition) is 4. The summed E-state index contributed by atoms with van der Waals surface area (Å²) < 4.78 is 11.4. The van der Waals surface area contributed by atoms with Gasteiger partial charge in [-0.05, 0) is 53.9 Å². The van der Waals surface area contributed by atoms with Crippen molar-refractivity contribution < 1.29 is 19.1 Å². The molecule has 0 aromatic heterocycles. The van der Waals surface area contributed by atoms with E-state index in [-0.39, 0.29) is 18.0 Å². The average molecular weight is 405 g/mol. The molecule has 2 fully saturated rings. The number of alkyl halides is 1. The molecule has 6 nitrogen and oxygen atoms in total. The quantitative estimate of drug-likeness (QED) is 0.675. The highest BCUT2D eigenvalue weighted by molar-refractivity contribution is 9.09. The molecule has 0 bridgehead atoms. The van der Waals surface area contributed by atoms with E-state index in [1.165, 1.54) is 0 Å². The Morgan fingerprint density at radius 2 is 1.96 bits per heavy atom. The topological polar surface area (TPSA) is 59.1 Å². The highest BCUT2D eigenvalue weighted by Crippen LogP contribution is 2.32. The summed E-state index contributed by atoms with van der Waals surface area (Å²) in [6.07, 6.45) is 2.82. The van der Waals surface area contributed by atoms with Crippen molar-refractivity contribution in [3.8, 4) is 0 Å². The van der Waals surface area contributed by atoms with E-state index in [0.29, 0.717) is 18.5 Å². The van der Waals surface area contributed by atoms with E-state index >= 15 is 0 Å². The van der Waals surface area contributed by atoms with Crippen LogP contribution in [-0.2, 0) is 14.3 Å². The molecular weight excluding hydrogens is 376 g/mol. The van der Waals surface area contributed by atoms with E-state index in [2.05, 4.69) is 15.9 Å². The zero-order chi connectivity index (χ0) is 18.1. The lowest BCUT2D eigenvalue weighted by Gasteiger charge is -2.41. The van der Waals surface area contributed by atoms with Gasteiger partial charge in [-0.15, -0.1) is 0 Å². The zero-order valence-electron chi connectivity index (χ0n) is 15.3. The minimum Gasteiger partial charge on any atom is -0.444 e. The smallest absolute Gasteiger partial charge is 0.412 e. The SMILES string of the molecule is CC(C)(C)OC(=O)N1[C@H](CN(C(=O)CBr)C2CCC2)COC1(C)C. The zero-order valence-corrected chi connectivity index (χ0v) is 16.9. The van der Waals surface area contributed by atoms with Gasteiger partial charge >= 0.3 is 6.09 Å². The van der Waals surface area contributed by atoms with Gasteiger partial charge in [-0.2, -0.15) is 0 Å². The number of halogens is 1. The fraction of sp³-hybridized carbons (Fsp3) is 0.882. The molecule has 1 atom stereocenters. The Bertz CT molecular complexity index is 485. The summed E-state index contributed by atoms with van der Waals surface area (Å²) in [5.41, 5.74) is -1.31. The lowest BCUT2D eigenvalue weighted by molar-refractivity contribution is -0.133. The molecule has 0 N–H and O–H groups in total. The maximum absolute atomic E-state index is 12.7. The number of hydrogen-bond donors (Lipinski definition) is 0. The molecule has 0 aromatic rings. The van der Waals surface area contributed by atoms with Crippen molar-refractivity contribution in [2.45, 2.75) is 77.3 Å². The molecule has 24 heavy (non-hydrogen) atoms. The second-order valence-electron chi connectivity index (χ2n) is 8.03. The van der Waals surface area contributed by atoms with Crippen LogP contribution in [0.15, 0.2) is 0 Å². The summed E-state index contributed by atoms with van der Waals surface area (Å²) in [6, 6.07) is 0.0812. The second-order valence-corrected chi connectivity index (χ2v) is 8.59. The first-order valence-electron chi connectivity index (χ1n) is 8.57. The molecule has 1 aliphatic heterocycles. The van der Waals surface area contributed by atoms with Crippen molar-refractivity contribution >= 4 is 27.9 Å². The predicted molar refractivity (Wildman–Crippen MR) is 95.0 cm³/mol. The van der Waals surface area contributed by atoms with Crippen LogP contribution in [0.5, 0.6) is 0 Å². The van der Waals surface area contributed by atoms with Gasteiger partial charge in [0.2, 0.25) is 5.91 Å². The van der Waals surface area contributed by atoms with Gasteiger partial charge in [0.15, 0.2) is 0 Å². The second kappa shape index (κ2) is 7.20. The Hall–Kier alpha value is -0.820. The first-order valence-corrected chi connectivity index (χ1v) is 9.69. The Morgan fingerprint density at radius 1 is 1.33 bits per heavy atom. The normalized spacial score (nSPS) is 23.8.